The summed E-state index contributed by atoms with van der Waals surface area (Å²) < 4.78 is 125. The van der Waals surface area contributed by atoms with Crippen LogP contribution in [0.15, 0.2) is 497 Å². The molecule has 0 amide bonds. The van der Waals surface area contributed by atoms with E-state index in [9.17, 15) is 0 Å². The first-order valence-electron chi connectivity index (χ1n) is 52.0. The van der Waals surface area contributed by atoms with Crippen LogP contribution in [0.2, 0.25) is 0 Å². The van der Waals surface area contributed by atoms with Crippen molar-refractivity contribution >= 4 is 140 Å². The van der Waals surface area contributed by atoms with Gasteiger partial charge in [-0.3, -0.25) is 0 Å². The second-order valence-electron chi connectivity index (χ2n) is 34.2. The normalized spacial score (nSPS) is 13.7. The average Bonchev–Trinajstić information content (AvgIpc) is 0.958. The molecule has 0 atom stereocenters. The van der Waals surface area contributed by atoms with E-state index in [1.807, 2.05) is 36.4 Å². The third-order valence-corrected chi connectivity index (χ3v) is 26.8. The number of benzene rings is 26. The summed E-state index contributed by atoms with van der Waals surface area (Å²) in [6.07, 6.45) is 0. The van der Waals surface area contributed by atoms with E-state index in [0.29, 0.717) is 38.2 Å². The highest BCUT2D eigenvalue weighted by atomic mass is 14.4. The van der Waals surface area contributed by atoms with Crippen LogP contribution in [-0.4, -0.2) is 0 Å². The zero-order chi connectivity index (χ0) is 100. The van der Waals surface area contributed by atoms with Gasteiger partial charge < -0.3 is 0 Å². The third-order valence-electron chi connectivity index (χ3n) is 26.8. The Hall–Kier alpha value is -16.6. The molecule has 0 radical (unpaired) electrons. The van der Waals surface area contributed by atoms with Crippen LogP contribution in [0.3, 0.4) is 0 Å². The molecule has 0 aliphatic heterocycles. The minimum absolute atomic E-state index is 0.0196. The number of hydrogen-bond acceptors (Lipinski definition) is 0. The Morgan fingerprint density at radius 3 is 0.855 bits per heavy atom. The third kappa shape index (κ3) is 13.2. The molecule has 26 aromatic rings. The van der Waals surface area contributed by atoms with Gasteiger partial charge in [0.05, 0.1) is 20.6 Å². The van der Waals surface area contributed by atoms with E-state index in [0.717, 1.165) is 43.4 Å². The summed E-state index contributed by atoms with van der Waals surface area (Å²) in [5.74, 6) is 0. The molecule has 0 aromatic heterocycles. The van der Waals surface area contributed by atoms with Crippen LogP contribution >= 0.6 is 0 Å². The standard InChI is InChI=1S/C36H22.C35H26.C34H22.C26H18/c1-2-9-23(10-3-1)34-27-13-4-6-15-29(27)36(30-16-7-5-14-28(30)34)32-22-20-26-18-17-24-11-8-12-25-19-21-31(32)35(26)33(24)25;1-35(2)31-19-11-10-14-25(31)30-22-24(20-21-32(30)35)34-28-17-8-6-15-26(28)33(23-12-4-3-5-13-23)27-16-7-9-18-29(27)34;1-2-12-23(13-3-1)33-28-18-8-10-20-30(28)34(31-21-11-9-19-29(31)33)32-22-24-14-4-5-15-25(24)26-16-6-7-17-27(26)32;1-3-11-19(12-4-1)25-21-15-7-9-17-23(21)26(20-13-5-2-6-14-20)24-18-10-8-16-22(24)25/h1-22H;3-22H,1-2H3;1-22H;1-18H/i;;1D,2D,3D,12D,13D;1D,2D,3D,4D,5D,6D,11D,12D,13D,14D. The molecular formula is C131H88. The second kappa shape index (κ2) is 32.7. The Morgan fingerprint density at radius 1 is 0.153 bits per heavy atom. The molecule has 0 spiro atoms. The Morgan fingerprint density at radius 2 is 0.443 bits per heavy atom. The summed E-state index contributed by atoms with van der Waals surface area (Å²) in [5.41, 5.74) is 19.9. The van der Waals surface area contributed by atoms with E-state index in [4.69, 9.17) is 20.6 Å². The largest absolute Gasteiger partial charge is 0.0629 e. The monoisotopic (exact) mass is 1680 g/mol. The fraction of sp³-hybridized carbons (Fsp3) is 0.0229. The lowest BCUT2D eigenvalue weighted by molar-refractivity contribution is 0.660. The van der Waals surface area contributed by atoms with Crippen LogP contribution in [0.5, 0.6) is 0 Å². The van der Waals surface area contributed by atoms with Gasteiger partial charge >= 0.3 is 0 Å². The summed E-state index contributed by atoms with van der Waals surface area (Å²) in [4.78, 5) is 0. The van der Waals surface area contributed by atoms with E-state index in [2.05, 4.69) is 335 Å². The SMILES string of the molecule is CC1(C)c2ccccc2-c2cc(-c3c4ccccc4c(-c4ccccc4)c4ccccc34)ccc21.[2H]c1c([2H])c([2H])c(-c2c3ccccc3c(-c3c([2H])c([2H])c([2H])c([2H])c3[2H])c3ccccc23)c([2H])c1[2H].[2H]c1c([2H])c([2H])c(-c2c3ccccc3c(-c3cc4ccccc4c4ccccc34)c3ccccc23)c([2H])c1[2H].c1ccc(-c2c3ccccc3c(-c3ccc4ccc5cccc6ccc3c4c56)c3ccccc23)cc1. The first-order chi connectivity index (χ1) is 71.1. The van der Waals surface area contributed by atoms with Crippen molar-refractivity contribution in [3.05, 3.63) is 508 Å². The highest BCUT2D eigenvalue weighted by molar-refractivity contribution is 6.31. The van der Waals surface area contributed by atoms with Crippen molar-refractivity contribution in [1.29, 1.82) is 0 Å². The lowest BCUT2D eigenvalue weighted by Gasteiger charge is -2.22. The molecular weight excluding hydrogens is 1570 g/mol. The zero-order valence-electron chi connectivity index (χ0n) is 86.7. The smallest absolute Gasteiger partial charge is 0.0622 e. The van der Waals surface area contributed by atoms with Gasteiger partial charge in [-0.05, 0) is 263 Å². The molecule has 0 saturated heterocycles. The van der Waals surface area contributed by atoms with E-state index >= 15 is 0 Å². The molecule has 612 valence electrons. The molecule has 0 heteroatoms. The minimum atomic E-state index is -0.488. The fourth-order valence-electron chi connectivity index (χ4n) is 21.3. The number of hydrogen-bond donors (Lipinski definition) is 0. The van der Waals surface area contributed by atoms with Crippen molar-refractivity contribution in [2.45, 2.75) is 19.3 Å². The molecule has 0 N–H and O–H groups in total. The van der Waals surface area contributed by atoms with Crippen LogP contribution in [0.25, 0.3) is 240 Å². The van der Waals surface area contributed by atoms with E-state index in [1.165, 1.54) is 153 Å². The molecule has 0 saturated carbocycles. The van der Waals surface area contributed by atoms with Crippen LogP contribution in [0.1, 0.15) is 45.5 Å². The van der Waals surface area contributed by atoms with Gasteiger partial charge in [0.15, 0.2) is 0 Å². The van der Waals surface area contributed by atoms with Gasteiger partial charge in [-0.15, -0.1) is 0 Å². The topological polar surface area (TPSA) is 0 Å². The number of fused-ring (bicyclic) bond motifs is 14. The summed E-state index contributed by atoms with van der Waals surface area (Å²) in [5, 5.41) is 28.8. The predicted molar refractivity (Wildman–Crippen MR) is 566 cm³/mol. The Labute approximate surface area is 783 Å². The summed E-state index contributed by atoms with van der Waals surface area (Å²) in [6.45, 7) is 4.69. The van der Waals surface area contributed by atoms with Crippen LogP contribution in [0, 0.1) is 0 Å². The predicted octanol–water partition coefficient (Wildman–Crippen LogP) is 36.8. The molecule has 131 heavy (non-hydrogen) atoms. The van der Waals surface area contributed by atoms with Gasteiger partial charge in [0.1, 0.15) is 0 Å². The van der Waals surface area contributed by atoms with Gasteiger partial charge in [-0.1, -0.05) is 499 Å². The Balaban J connectivity index is 0.000000104. The fourth-order valence-corrected chi connectivity index (χ4v) is 21.3. The lowest BCUT2D eigenvalue weighted by Crippen LogP contribution is -2.14. The maximum Gasteiger partial charge on any atom is 0.0629 e. The molecule has 0 nitrogen and oxygen atoms in total. The maximum absolute atomic E-state index is 8.77. The molecule has 0 bridgehead atoms. The lowest BCUT2D eigenvalue weighted by atomic mass is 9.81. The van der Waals surface area contributed by atoms with Gasteiger partial charge in [0.25, 0.3) is 0 Å². The molecule has 26 aromatic carbocycles. The van der Waals surface area contributed by atoms with Crippen molar-refractivity contribution in [2.24, 2.45) is 0 Å². The Bertz CT molecular complexity index is 9530. The summed E-state index contributed by atoms with van der Waals surface area (Å²) in [7, 11) is 0. The number of rotatable bonds is 8. The molecule has 0 unspecified atom stereocenters. The van der Waals surface area contributed by atoms with Crippen molar-refractivity contribution < 1.29 is 20.6 Å². The molecule has 27 rings (SSSR count). The van der Waals surface area contributed by atoms with Crippen LogP contribution in [0.4, 0.5) is 0 Å². The van der Waals surface area contributed by atoms with Crippen LogP contribution in [-0.2, 0) is 5.41 Å². The maximum atomic E-state index is 8.77. The van der Waals surface area contributed by atoms with Crippen molar-refractivity contribution in [2.75, 3.05) is 0 Å². The average molecular weight is 1680 g/mol. The van der Waals surface area contributed by atoms with Crippen molar-refractivity contribution in [3.8, 4) is 100 Å². The van der Waals surface area contributed by atoms with Gasteiger partial charge in [0.2, 0.25) is 0 Å². The van der Waals surface area contributed by atoms with E-state index in [-0.39, 0.29) is 76.5 Å². The van der Waals surface area contributed by atoms with Gasteiger partial charge in [0, 0.05) is 5.41 Å². The van der Waals surface area contributed by atoms with Gasteiger partial charge in [-0.25, -0.2) is 0 Å². The van der Waals surface area contributed by atoms with Crippen molar-refractivity contribution in [3.63, 3.8) is 0 Å². The second-order valence-corrected chi connectivity index (χ2v) is 34.2. The minimum Gasteiger partial charge on any atom is -0.0622 e. The first kappa shape index (κ1) is 63.3. The van der Waals surface area contributed by atoms with E-state index < -0.39 is 36.3 Å². The summed E-state index contributed by atoms with van der Waals surface area (Å²) >= 11 is 0. The summed E-state index contributed by atoms with van der Waals surface area (Å²) in [6, 6.07) is 137. The molecule has 0 fully saturated rings. The van der Waals surface area contributed by atoms with Gasteiger partial charge in [-0.2, -0.15) is 0 Å². The Kier molecular flexibility index (Phi) is 15.8. The highest BCUT2D eigenvalue weighted by Crippen LogP contribution is 2.54. The quantitative estimate of drug-likeness (QED) is 0.105. The van der Waals surface area contributed by atoms with E-state index in [1.54, 1.807) is 48.5 Å². The molecule has 1 aliphatic rings. The molecule has 0 heterocycles. The van der Waals surface area contributed by atoms with Crippen molar-refractivity contribution in [1.82, 2.24) is 0 Å². The first-order valence-corrected chi connectivity index (χ1v) is 44.5. The molecule has 1 aliphatic carbocycles. The highest BCUT2D eigenvalue weighted by Gasteiger charge is 2.36. The van der Waals surface area contributed by atoms with Crippen LogP contribution < -0.4 is 0 Å². The zero-order valence-corrected chi connectivity index (χ0v) is 71.7.